The molecule has 1 aromatic rings. The highest BCUT2D eigenvalue weighted by atomic mass is 79.9. The highest BCUT2D eigenvalue weighted by Crippen LogP contribution is 2.29. The maximum absolute atomic E-state index is 5.46. The molecule has 100 valence electrons. The molecule has 0 spiro atoms. The van der Waals surface area contributed by atoms with Crippen molar-refractivity contribution in [3.05, 3.63) is 28.2 Å². The van der Waals surface area contributed by atoms with Gasteiger partial charge in [0.2, 0.25) is 0 Å². The Morgan fingerprint density at radius 3 is 2.89 bits per heavy atom. The van der Waals surface area contributed by atoms with Crippen LogP contribution in [-0.2, 0) is 6.54 Å². The quantitative estimate of drug-likeness (QED) is 0.834. The van der Waals surface area contributed by atoms with Crippen molar-refractivity contribution in [3.63, 3.8) is 0 Å². The lowest BCUT2D eigenvalue weighted by molar-refractivity contribution is 0.105. The first-order valence-corrected chi connectivity index (χ1v) is 7.47. The van der Waals surface area contributed by atoms with Gasteiger partial charge in [0.15, 0.2) is 0 Å². The largest absolute Gasteiger partial charge is 0.496 e. The van der Waals surface area contributed by atoms with Crippen molar-refractivity contribution in [1.29, 1.82) is 0 Å². The zero-order valence-corrected chi connectivity index (χ0v) is 13.0. The van der Waals surface area contributed by atoms with E-state index in [1.807, 2.05) is 12.1 Å². The minimum absolute atomic E-state index is 0.655. The van der Waals surface area contributed by atoms with Crippen LogP contribution < -0.4 is 4.74 Å². The number of methoxy groups -OCH3 is 1. The third kappa shape index (κ3) is 3.07. The van der Waals surface area contributed by atoms with Crippen LogP contribution in [0.25, 0.3) is 0 Å². The van der Waals surface area contributed by atoms with Gasteiger partial charge < -0.3 is 4.74 Å². The highest BCUT2D eigenvalue weighted by molar-refractivity contribution is 9.10. The van der Waals surface area contributed by atoms with Crippen LogP contribution in [0, 0.1) is 5.92 Å². The summed E-state index contributed by atoms with van der Waals surface area (Å²) in [4.78, 5) is 2.57. The first-order chi connectivity index (χ1) is 8.61. The van der Waals surface area contributed by atoms with Crippen molar-refractivity contribution >= 4 is 15.9 Å². The fraction of sp³-hybridized carbons (Fsp3) is 0.600. The van der Waals surface area contributed by atoms with Crippen molar-refractivity contribution in [1.82, 2.24) is 4.90 Å². The molecule has 1 aliphatic rings. The van der Waals surface area contributed by atoms with Gasteiger partial charge in [0, 0.05) is 22.6 Å². The van der Waals surface area contributed by atoms with Crippen molar-refractivity contribution in [2.24, 2.45) is 5.92 Å². The third-order valence-corrected chi connectivity index (χ3v) is 4.61. The zero-order valence-electron chi connectivity index (χ0n) is 11.4. The Morgan fingerprint density at radius 1 is 1.39 bits per heavy atom. The van der Waals surface area contributed by atoms with E-state index in [1.54, 1.807) is 7.11 Å². The van der Waals surface area contributed by atoms with Crippen LogP contribution in [0.15, 0.2) is 22.7 Å². The van der Waals surface area contributed by atoms with E-state index in [4.69, 9.17) is 4.74 Å². The minimum atomic E-state index is 0.655. The molecule has 0 N–H and O–H groups in total. The molecule has 1 saturated heterocycles. The molecule has 1 aromatic carbocycles. The lowest BCUT2D eigenvalue weighted by Crippen LogP contribution is -2.41. The smallest absolute Gasteiger partial charge is 0.123 e. The molecular weight excluding hydrogens is 290 g/mol. The molecule has 2 nitrogen and oxygen atoms in total. The number of nitrogens with zero attached hydrogens (tertiary/aromatic N) is 1. The van der Waals surface area contributed by atoms with Gasteiger partial charge in [-0.05, 0) is 50.4 Å². The van der Waals surface area contributed by atoms with E-state index >= 15 is 0 Å². The molecule has 2 atom stereocenters. The zero-order chi connectivity index (χ0) is 13.1. The fourth-order valence-corrected chi connectivity index (χ4v) is 3.14. The first-order valence-electron chi connectivity index (χ1n) is 6.68. The SMILES string of the molecule is COc1ccc(Br)cc1CN1CCCC(C)C1C. The Labute approximate surface area is 118 Å². The van der Waals surface area contributed by atoms with E-state index < -0.39 is 0 Å². The van der Waals surface area contributed by atoms with Crippen LogP contribution in [0.1, 0.15) is 32.3 Å². The molecule has 0 radical (unpaired) electrons. The molecule has 0 saturated carbocycles. The molecule has 18 heavy (non-hydrogen) atoms. The van der Waals surface area contributed by atoms with E-state index in [0.29, 0.717) is 6.04 Å². The number of hydrogen-bond donors (Lipinski definition) is 0. The van der Waals surface area contributed by atoms with E-state index in [9.17, 15) is 0 Å². The molecular formula is C15H22BrNO. The number of likely N-dealkylation sites (tertiary alicyclic amines) is 1. The average molecular weight is 312 g/mol. The predicted octanol–water partition coefficient (Wildman–Crippen LogP) is 4.08. The van der Waals surface area contributed by atoms with Crippen molar-refractivity contribution < 1.29 is 4.74 Å². The second-order valence-corrected chi connectivity index (χ2v) is 6.20. The van der Waals surface area contributed by atoms with Gasteiger partial charge in [-0.1, -0.05) is 22.9 Å². The molecule has 1 heterocycles. The van der Waals surface area contributed by atoms with Crippen LogP contribution >= 0.6 is 15.9 Å². The van der Waals surface area contributed by atoms with Gasteiger partial charge in [0.1, 0.15) is 5.75 Å². The van der Waals surface area contributed by atoms with E-state index in [0.717, 1.165) is 22.7 Å². The monoisotopic (exact) mass is 311 g/mol. The van der Waals surface area contributed by atoms with Crippen LogP contribution in [0.5, 0.6) is 5.75 Å². The standard InChI is InChI=1S/C15H22BrNO/c1-11-5-4-8-17(12(11)2)10-13-9-14(16)6-7-15(13)18-3/h6-7,9,11-12H,4-5,8,10H2,1-3H3. The fourth-order valence-electron chi connectivity index (χ4n) is 2.73. The maximum Gasteiger partial charge on any atom is 0.123 e. The summed E-state index contributed by atoms with van der Waals surface area (Å²) in [7, 11) is 1.75. The lowest BCUT2D eigenvalue weighted by atomic mass is 9.91. The van der Waals surface area contributed by atoms with Crippen LogP contribution in [0.3, 0.4) is 0 Å². The van der Waals surface area contributed by atoms with Crippen LogP contribution in [0.2, 0.25) is 0 Å². The summed E-state index contributed by atoms with van der Waals surface area (Å²) in [6, 6.07) is 6.90. The molecule has 1 aliphatic heterocycles. The number of ether oxygens (including phenoxy) is 1. The Hall–Kier alpha value is -0.540. The molecule has 2 unspecified atom stereocenters. The van der Waals surface area contributed by atoms with Crippen molar-refractivity contribution in [3.8, 4) is 5.75 Å². The number of hydrogen-bond acceptors (Lipinski definition) is 2. The second kappa shape index (κ2) is 6.07. The average Bonchev–Trinajstić information content (AvgIpc) is 2.35. The summed E-state index contributed by atoms with van der Waals surface area (Å²) in [6.07, 6.45) is 2.66. The predicted molar refractivity (Wildman–Crippen MR) is 79.0 cm³/mol. The molecule has 2 rings (SSSR count). The van der Waals surface area contributed by atoms with E-state index in [2.05, 4.69) is 40.7 Å². The van der Waals surface area contributed by atoms with Gasteiger partial charge in [-0.25, -0.2) is 0 Å². The summed E-state index contributed by atoms with van der Waals surface area (Å²) in [5.41, 5.74) is 1.27. The summed E-state index contributed by atoms with van der Waals surface area (Å²) in [5.74, 6) is 1.78. The second-order valence-electron chi connectivity index (χ2n) is 5.29. The third-order valence-electron chi connectivity index (χ3n) is 4.12. The Kier molecular flexibility index (Phi) is 4.68. The van der Waals surface area contributed by atoms with Gasteiger partial charge in [-0.2, -0.15) is 0 Å². The summed E-state index contributed by atoms with van der Waals surface area (Å²) in [6.45, 7) is 6.87. The van der Waals surface area contributed by atoms with Gasteiger partial charge in [0.25, 0.3) is 0 Å². The highest BCUT2D eigenvalue weighted by Gasteiger charge is 2.25. The summed E-state index contributed by atoms with van der Waals surface area (Å²) >= 11 is 3.54. The molecule has 0 bridgehead atoms. The van der Waals surface area contributed by atoms with Gasteiger partial charge in [-0.3, -0.25) is 4.90 Å². The molecule has 0 aromatic heterocycles. The normalized spacial score (nSPS) is 25.1. The van der Waals surface area contributed by atoms with Crippen molar-refractivity contribution in [2.45, 2.75) is 39.3 Å². The van der Waals surface area contributed by atoms with Crippen LogP contribution in [0.4, 0.5) is 0 Å². The summed E-state index contributed by atoms with van der Waals surface area (Å²) < 4.78 is 6.58. The lowest BCUT2D eigenvalue weighted by Gasteiger charge is -2.38. The van der Waals surface area contributed by atoms with Crippen LogP contribution in [-0.4, -0.2) is 24.6 Å². The number of halogens is 1. The molecule has 0 aliphatic carbocycles. The molecule has 3 heteroatoms. The van der Waals surface area contributed by atoms with Gasteiger partial charge in [0.05, 0.1) is 7.11 Å². The number of piperidine rings is 1. The van der Waals surface area contributed by atoms with Gasteiger partial charge >= 0.3 is 0 Å². The Morgan fingerprint density at radius 2 is 2.17 bits per heavy atom. The topological polar surface area (TPSA) is 12.5 Å². The minimum Gasteiger partial charge on any atom is -0.496 e. The Bertz CT molecular complexity index is 407. The van der Waals surface area contributed by atoms with Crippen molar-refractivity contribution in [2.75, 3.05) is 13.7 Å². The first kappa shape index (κ1) is 13.9. The van der Waals surface area contributed by atoms with E-state index in [1.165, 1.54) is 24.9 Å². The number of rotatable bonds is 3. The van der Waals surface area contributed by atoms with Gasteiger partial charge in [-0.15, -0.1) is 0 Å². The number of benzene rings is 1. The summed E-state index contributed by atoms with van der Waals surface area (Å²) in [5, 5.41) is 0. The molecule has 1 fully saturated rings. The Balaban J connectivity index is 2.15. The molecule has 0 amide bonds. The maximum atomic E-state index is 5.46. The van der Waals surface area contributed by atoms with E-state index in [-0.39, 0.29) is 0 Å².